The van der Waals surface area contributed by atoms with Crippen LogP contribution in [-0.2, 0) is 13.1 Å². The number of rotatable bonds is 4. The molecule has 26 heavy (non-hydrogen) atoms. The van der Waals surface area contributed by atoms with Crippen LogP contribution >= 0.6 is 0 Å². The molecule has 0 radical (unpaired) electrons. The number of carbonyl (C=O) groups excluding carboxylic acids is 1. The Kier molecular flexibility index (Phi) is 4.32. The van der Waals surface area contributed by atoms with Crippen molar-refractivity contribution in [1.82, 2.24) is 19.8 Å². The standard InChI is InChI=1S/C19H24N4O3/c1-12(2)20-19(24)15-10-23-7-6-22(13(3)18(23)21-15)9-14-4-5-16-17(8-14)26-11-25-16/h4-5,8,10,12-13H,6-7,9,11H2,1-3H3,(H,20,24)/t13-/m1/s1. The Morgan fingerprint density at radius 1 is 1.31 bits per heavy atom. The van der Waals surface area contributed by atoms with Gasteiger partial charge in [0.15, 0.2) is 11.5 Å². The molecule has 3 heterocycles. The second-order valence-electron chi connectivity index (χ2n) is 7.14. The van der Waals surface area contributed by atoms with E-state index in [9.17, 15) is 4.79 Å². The van der Waals surface area contributed by atoms with E-state index in [0.717, 1.165) is 37.0 Å². The van der Waals surface area contributed by atoms with E-state index in [1.54, 1.807) is 0 Å². The van der Waals surface area contributed by atoms with Gasteiger partial charge in [-0.2, -0.15) is 0 Å². The molecule has 2 aromatic rings. The van der Waals surface area contributed by atoms with Crippen molar-refractivity contribution in [2.75, 3.05) is 13.3 Å². The van der Waals surface area contributed by atoms with Crippen molar-refractivity contribution in [3.8, 4) is 11.5 Å². The molecule has 0 fully saturated rings. The Balaban J connectivity index is 1.50. The van der Waals surface area contributed by atoms with Crippen molar-refractivity contribution >= 4 is 5.91 Å². The van der Waals surface area contributed by atoms with Crippen molar-refractivity contribution in [2.24, 2.45) is 0 Å². The molecule has 0 unspecified atom stereocenters. The third-order valence-electron chi connectivity index (χ3n) is 4.83. The lowest BCUT2D eigenvalue weighted by Crippen LogP contribution is -2.36. The fraction of sp³-hybridized carbons (Fsp3) is 0.474. The first-order valence-electron chi connectivity index (χ1n) is 9.02. The van der Waals surface area contributed by atoms with Gasteiger partial charge in [-0.05, 0) is 38.5 Å². The maximum Gasteiger partial charge on any atom is 0.271 e. The zero-order valence-corrected chi connectivity index (χ0v) is 15.4. The SMILES string of the molecule is CC(C)NC(=O)c1cn2c(n1)[C@@H](C)N(Cc1ccc3c(c1)OCO3)CC2. The predicted octanol–water partition coefficient (Wildman–Crippen LogP) is 2.33. The Labute approximate surface area is 152 Å². The summed E-state index contributed by atoms with van der Waals surface area (Å²) in [5, 5.41) is 2.90. The van der Waals surface area contributed by atoms with E-state index >= 15 is 0 Å². The van der Waals surface area contributed by atoms with Crippen LogP contribution < -0.4 is 14.8 Å². The minimum Gasteiger partial charge on any atom is -0.454 e. The van der Waals surface area contributed by atoms with Crippen LogP contribution in [0.1, 0.15) is 48.7 Å². The monoisotopic (exact) mass is 356 g/mol. The van der Waals surface area contributed by atoms with Crippen LogP contribution in [-0.4, -0.2) is 39.7 Å². The molecule has 2 aliphatic heterocycles. The van der Waals surface area contributed by atoms with Crippen molar-refractivity contribution in [3.05, 3.63) is 41.5 Å². The predicted molar refractivity (Wildman–Crippen MR) is 96.2 cm³/mol. The van der Waals surface area contributed by atoms with Gasteiger partial charge in [0.1, 0.15) is 11.5 Å². The van der Waals surface area contributed by atoms with E-state index in [-0.39, 0.29) is 24.8 Å². The topological polar surface area (TPSA) is 68.6 Å². The van der Waals surface area contributed by atoms with E-state index in [1.165, 1.54) is 5.56 Å². The number of imidazole rings is 1. The van der Waals surface area contributed by atoms with Gasteiger partial charge in [0, 0.05) is 31.9 Å². The number of hydrogen-bond donors (Lipinski definition) is 1. The lowest BCUT2D eigenvalue weighted by Gasteiger charge is -2.33. The van der Waals surface area contributed by atoms with E-state index in [2.05, 4.69) is 32.8 Å². The first-order valence-corrected chi connectivity index (χ1v) is 9.02. The molecule has 4 rings (SSSR count). The molecule has 0 saturated heterocycles. The zero-order chi connectivity index (χ0) is 18.3. The molecule has 2 aliphatic rings. The molecule has 1 atom stereocenters. The summed E-state index contributed by atoms with van der Waals surface area (Å²) in [6.45, 7) is 8.86. The first-order chi connectivity index (χ1) is 12.5. The molecular formula is C19H24N4O3. The molecule has 0 saturated carbocycles. The Bertz CT molecular complexity index is 830. The van der Waals surface area contributed by atoms with Crippen LogP contribution in [0.5, 0.6) is 11.5 Å². The van der Waals surface area contributed by atoms with Gasteiger partial charge in [-0.3, -0.25) is 9.69 Å². The smallest absolute Gasteiger partial charge is 0.271 e. The molecular weight excluding hydrogens is 332 g/mol. The van der Waals surface area contributed by atoms with Gasteiger partial charge >= 0.3 is 0 Å². The molecule has 7 heteroatoms. The maximum atomic E-state index is 12.2. The number of fused-ring (bicyclic) bond motifs is 2. The highest BCUT2D eigenvalue weighted by Gasteiger charge is 2.28. The largest absolute Gasteiger partial charge is 0.454 e. The number of nitrogens with one attached hydrogen (secondary N) is 1. The van der Waals surface area contributed by atoms with Gasteiger partial charge in [0.25, 0.3) is 5.91 Å². The average molecular weight is 356 g/mol. The minimum atomic E-state index is -0.114. The summed E-state index contributed by atoms with van der Waals surface area (Å²) in [7, 11) is 0. The van der Waals surface area contributed by atoms with E-state index in [1.807, 2.05) is 32.2 Å². The van der Waals surface area contributed by atoms with Crippen molar-refractivity contribution < 1.29 is 14.3 Å². The van der Waals surface area contributed by atoms with Crippen LogP contribution in [0.25, 0.3) is 0 Å². The molecule has 1 aromatic carbocycles. The van der Waals surface area contributed by atoms with Crippen LogP contribution in [0.3, 0.4) is 0 Å². The van der Waals surface area contributed by atoms with Gasteiger partial charge in [0.2, 0.25) is 6.79 Å². The van der Waals surface area contributed by atoms with Crippen molar-refractivity contribution in [1.29, 1.82) is 0 Å². The number of ether oxygens (including phenoxy) is 2. The lowest BCUT2D eigenvalue weighted by molar-refractivity contribution is 0.0938. The van der Waals surface area contributed by atoms with Gasteiger partial charge < -0.3 is 19.4 Å². The summed E-state index contributed by atoms with van der Waals surface area (Å²) in [5.74, 6) is 2.43. The Morgan fingerprint density at radius 2 is 2.12 bits per heavy atom. The number of nitrogens with zero attached hydrogens (tertiary/aromatic N) is 3. The highest BCUT2D eigenvalue weighted by atomic mass is 16.7. The fourth-order valence-corrected chi connectivity index (χ4v) is 3.47. The lowest BCUT2D eigenvalue weighted by atomic mass is 10.1. The molecule has 0 spiro atoms. The average Bonchev–Trinajstić information content (AvgIpc) is 3.23. The zero-order valence-electron chi connectivity index (χ0n) is 15.4. The quantitative estimate of drug-likeness (QED) is 0.911. The molecule has 138 valence electrons. The van der Waals surface area contributed by atoms with E-state index in [0.29, 0.717) is 5.69 Å². The summed E-state index contributed by atoms with van der Waals surface area (Å²) in [6, 6.07) is 6.30. The maximum absolute atomic E-state index is 12.2. The third kappa shape index (κ3) is 3.14. The number of carbonyl (C=O) groups is 1. The summed E-state index contributed by atoms with van der Waals surface area (Å²) in [5.41, 5.74) is 1.67. The number of aromatic nitrogens is 2. The molecule has 0 bridgehead atoms. The van der Waals surface area contributed by atoms with Gasteiger partial charge in [-0.25, -0.2) is 4.98 Å². The fourth-order valence-electron chi connectivity index (χ4n) is 3.47. The second kappa shape index (κ2) is 6.64. The number of benzene rings is 1. The van der Waals surface area contributed by atoms with Crippen LogP contribution in [0.4, 0.5) is 0 Å². The Morgan fingerprint density at radius 3 is 2.92 bits per heavy atom. The number of hydrogen-bond acceptors (Lipinski definition) is 5. The summed E-state index contributed by atoms with van der Waals surface area (Å²) in [4.78, 5) is 19.2. The summed E-state index contributed by atoms with van der Waals surface area (Å²) < 4.78 is 12.9. The van der Waals surface area contributed by atoms with Crippen molar-refractivity contribution in [2.45, 2.75) is 45.9 Å². The third-order valence-corrected chi connectivity index (χ3v) is 4.83. The summed E-state index contributed by atoms with van der Waals surface area (Å²) in [6.07, 6.45) is 1.86. The molecule has 1 N–H and O–H groups in total. The normalized spacial score (nSPS) is 18.8. The van der Waals surface area contributed by atoms with E-state index in [4.69, 9.17) is 9.47 Å². The Hall–Kier alpha value is -2.54. The molecule has 7 nitrogen and oxygen atoms in total. The first kappa shape index (κ1) is 16.9. The van der Waals surface area contributed by atoms with Gasteiger partial charge in [-0.1, -0.05) is 6.07 Å². The summed E-state index contributed by atoms with van der Waals surface area (Å²) >= 11 is 0. The molecule has 1 amide bonds. The van der Waals surface area contributed by atoms with Crippen LogP contribution in [0.15, 0.2) is 24.4 Å². The van der Waals surface area contributed by atoms with Crippen LogP contribution in [0.2, 0.25) is 0 Å². The van der Waals surface area contributed by atoms with Gasteiger partial charge in [0.05, 0.1) is 6.04 Å². The minimum absolute atomic E-state index is 0.0983. The van der Waals surface area contributed by atoms with E-state index < -0.39 is 0 Å². The number of amides is 1. The van der Waals surface area contributed by atoms with Gasteiger partial charge in [-0.15, -0.1) is 0 Å². The molecule has 0 aliphatic carbocycles. The highest BCUT2D eigenvalue weighted by Crippen LogP contribution is 2.34. The van der Waals surface area contributed by atoms with Crippen molar-refractivity contribution in [3.63, 3.8) is 0 Å². The van der Waals surface area contributed by atoms with Crippen LogP contribution in [0, 0.1) is 0 Å². The molecule has 1 aromatic heterocycles. The second-order valence-corrected chi connectivity index (χ2v) is 7.14. The highest BCUT2D eigenvalue weighted by molar-refractivity contribution is 5.92.